The molecular weight excluding hydrogens is 357 g/mol. The predicted octanol–water partition coefficient (Wildman–Crippen LogP) is 2.32. The Bertz CT molecular complexity index is 974. The normalized spacial score (nSPS) is 13.8. The number of amides is 1. The summed E-state index contributed by atoms with van der Waals surface area (Å²) in [6.45, 7) is 0.907. The van der Waals surface area contributed by atoms with Gasteiger partial charge in [0, 0.05) is 44.6 Å². The number of sulfonamides is 1. The van der Waals surface area contributed by atoms with Crippen LogP contribution in [-0.4, -0.2) is 46.3 Å². The van der Waals surface area contributed by atoms with Crippen LogP contribution in [0.5, 0.6) is 0 Å². The van der Waals surface area contributed by atoms with Gasteiger partial charge in [-0.1, -0.05) is 0 Å². The van der Waals surface area contributed by atoms with Crippen LogP contribution >= 0.6 is 0 Å². The van der Waals surface area contributed by atoms with Crippen LogP contribution in [0.4, 0.5) is 15.8 Å². The van der Waals surface area contributed by atoms with Crippen molar-refractivity contribution in [1.29, 1.82) is 0 Å². The van der Waals surface area contributed by atoms with Crippen molar-refractivity contribution in [3.63, 3.8) is 0 Å². The van der Waals surface area contributed by atoms with Crippen molar-refractivity contribution in [3.8, 4) is 0 Å². The quantitative estimate of drug-likeness (QED) is 0.888. The maximum absolute atomic E-state index is 13.9. The first-order valence-corrected chi connectivity index (χ1v) is 9.51. The smallest absolute Gasteiger partial charge is 0.255 e. The van der Waals surface area contributed by atoms with Crippen LogP contribution in [0.1, 0.15) is 15.9 Å². The number of hydrogen-bond donors (Lipinski definition) is 1. The Kier molecular flexibility index (Phi) is 4.72. The molecule has 0 aromatic heterocycles. The second kappa shape index (κ2) is 6.69. The number of halogens is 1. The molecule has 1 amide bonds. The lowest BCUT2D eigenvalue weighted by Gasteiger charge is -2.14. The molecule has 6 nitrogen and oxygen atoms in total. The fourth-order valence-electron chi connectivity index (χ4n) is 2.89. The van der Waals surface area contributed by atoms with Gasteiger partial charge >= 0.3 is 0 Å². The van der Waals surface area contributed by atoms with Gasteiger partial charge in [0.25, 0.3) is 5.91 Å². The second-order valence-corrected chi connectivity index (χ2v) is 8.52. The van der Waals surface area contributed by atoms with Crippen molar-refractivity contribution in [1.82, 2.24) is 4.31 Å². The van der Waals surface area contributed by atoms with Crippen LogP contribution in [0.15, 0.2) is 41.3 Å². The summed E-state index contributed by atoms with van der Waals surface area (Å²) in [7, 11) is 0.696. The Morgan fingerprint density at radius 2 is 1.92 bits per heavy atom. The maximum atomic E-state index is 13.9. The molecule has 26 heavy (non-hydrogen) atoms. The Morgan fingerprint density at radius 3 is 2.62 bits per heavy atom. The summed E-state index contributed by atoms with van der Waals surface area (Å²) < 4.78 is 39.3. The number of nitrogens with zero attached hydrogens (tertiary/aromatic N) is 2. The van der Waals surface area contributed by atoms with Gasteiger partial charge in [-0.25, -0.2) is 17.1 Å². The van der Waals surface area contributed by atoms with E-state index in [0.717, 1.165) is 40.7 Å². The summed E-state index contributed by atoms with van der Waals surface area (Å²) in [6, 6.07) is 8.94. The van der Waals surface area contributed by atoms with Crippen LogP contribution in [-0.2, 0) is 16.4 Å². The van der Waals surface area contributed by atoms with E-state index in [1.165, 1.54) is 20.2 Å². The Balaban J connectivity index is 1.87. The molecule has 0 unspecified atom stereocenters. The minimum atomic E-state index is -3.94. The number of nitrogens with one attached hydrogen (secondary N) is 1. The molecule has 8 heteroatoms. The van der Waals surface area contributed by atoms with Gasteiger partial charge in [0.05, 0.1) is 0 Å². The monoisotopic (exact) mass is 377 g/mol. The molecule has 1 aliphatic heterocycles. The number of anilines is 2. The first-order valence-electron chi connectivity index (χ1n) is 8.07. The standard InChI is InChI=1S/C18H20FN3O3S/c1-21(2)26(24,25)17-11-14(5-6-15(17)19)20-18(23)13-4-7-16-12(10-13)8-9-22(16)3/h4-7,10-11H,8-9H2,1-3H3,(H,20,23). The largest absolute Gasteiger partial charge is 0.374 e. The first-order chi connectivity index (χ1) is 12.2. The van der Waals surface area contributed by atoms with Gasteiger partial charge in [-0.15, -0.1) is 0 Å². The van der Waals surface area contributed by atoms with Crippen molar-refractivity contribution < 1.29 is 17.6 Å². The van der Waals surface area contributed by atoms with Gasteiger partial charge < -0.3 is 10.2 Å². The van der Waals surface area contributed by atoms with Gasteiger partial charge in [0.2, 0.25) is 10.0 Å². The highest BCUT2D eigenvalue weighted by Gasteiger charge is 2.23. The molecule has 138 valence electrons. The van der Waals surface area contributed by atoms with E-state index in [-0.39, 0.29) is 11.6 Å². The van der Waals surface area contributed by atoms with Crippen molar-refractivity contribution >= 4 is 27.3 Å². The Morgan fingerprint density at radius 1 is 1.19 bits per heavy atom. The number of fused-ring (bicyclic) bond motifs is 1. The third-order valence-electron chi connectivity index (χ3n) is 4.42. The molecule has 1 heterocycles. The van der Waals surface area contributed by atoms with E-state index < -0.39 is 20.7 Å². The average Bonchev–Trinajstić information content (AvgIpc) is 2.96. The molecule has 1 aliphatic rings. The van der Waals surface area contributed by atoms with Crippen LogP contribution < -0.4 is 10.2 Å². The van der Waals surface area contributed by atoms with Gasteiger partial charge in [-0.3, -0.25) is 4.79 Å². The van der Waals surface area contributed by atoms with Gasteiger partial charge in [0.1, 0.15) is 10.7 Å². The lowest BCUT2D eigenvalue weighted by Crippen LogP contribution is -2.23. The molecule has 0 saturated heterocycles. The number of hydrogen-bond acceptors (Lipinski definition) is 4. The van der Waals surface area contributed by atoms with E-state index in [1.54, 1.807) is 6.07 Å². The van der Waals surface area contributed by atoms with Crippen molar-refractivity contribution in [2.45, 2.75) is 11.3 Å². The van der Waals surface area contributed by atoms with E-state index in [1.807, 2.05) is 19.2 Å². The summed E-state index contributed by atoms with van der Waals surface area (Å²) >= 11 is 0. The van der Waals surface area contributed by atoms with E-state index in [0.29, 0.717) is 5.56 Å². The van der Waals surface area contributed by atoms with Crippen LogP contribution in [0.25, 0.3) is 0 Å². The highest BCUT2D eigenvalue weighted by molar-refractivity contribution is 7.89. The number of carbonyl (C=O) groups is 1. The van der Waals surface area contributed by atoms with Crippen molar-refractivity contribution in [3.05, 3.63) is 53.3 Å². The minimum Gasteiger partial charge on any atom is -0.374 e. The molecule has 0 fully saturated rings. The summed E-state index contributed by atoms with van der Waals surface area (Å²) in [4.78, 5) is 14.1. The van der Waals surface area contributed by atoms with Crippen LogP contribution in [0, 0.1) is 5.82 Å². The highest BCUT2D eigenvalue weighted by atomic mass is 32.2. The lowest BCUT2D eigenvalue weighted by atomic mass is 10.1. The topological polar surface area (TPSA) is 69.7 Å². The molecular formula is C18H20FN3O3S. The lowest BCUT2D eigenvalue weighted by molar-refractivity contribution is 0.102. The molecule has 3 rings (SSSR count). The van der Waals surface area contributed by atoms with Gasteiger partial charge in [-0.2, -0.15) is 0 Å². The number of likely N-dealkylation sites (N-methyl/N-ethyl adjacent to an activating group) is 1. The molecule has 0 bridgehead atoms. The van der Waals surface area contributed by atoms with Crippen LogP contribution in [0.2, 0.25) is 0 Å². The van der Waals surface area contributed by atoms with E-state index in [4.69, 9.17) is 0 Å². The summed E-state index contributed by atoms with van der Waals surface area (Å²) in [6.07, 6.45) is 0.870. The first kappa shape index (κ1) is 18.3. The van der Waals surface area contributed by atoms with Gasteiger partial charge in [-0.05, 0) is 48.4 Å². The van der Waals surface area contributed by atoms with Crippen molar-refractivity contribution in [2.24, 2.45) is 0 Å². The average molecular weight is 377 g/mol. The van der Waals surface area contributed by atoms with E-state index in [9.17, 15) is 17.6 Å². The molecule has 0 aliphatic carbocycles. The fourth-order valence-corrected chi connectivity index (χ4v) is 3.87. The zero-order valence-corrected chi connectivity index (χ0v) is 15.6. The van der Waals surface area contributed by atoms with E-state index in [2.05, 4.69) is 10.2 Å². The molecule has 0 radical (unpaired) electrons. The molecule has 0 atom stereocenters. The van der Waals surface area contributed by atoms with Crippen LogP contribution in [0.3, 0.4) is 0 Å². The second-order valence-electron chi connectivity index (χ2n) is 6.40. The Hall–Kier alpha value is -2.45. The zero-order valence-electron chi connectivity index (χ0n) is 14.8. The summed E-state index contributed by atoms with van der Waals surface area (Å²) in [5, 5.41) is 2.64. The number of benzene rings is 2. The predicted molar refractivity (Wildman–Crippen MR) is 98.6 cm³/mol. The highest BCUT2D eigenvalue weighted by Crippen LogP contribution is 2.28. The SMILES string of the molecule is CN1CCc2cc(C(=O)Nc3ccc(F)c(S(=O)(=O)N(C)C)c3)ccc21. The summed E-state index contributed by atoms with van der Waals surface area (Å²) in [5.74, 6) is -1.24. The summed E-state index contributed by atoms with van der Waals surface area (Å²) in [5.41, 5.74) is 2.88. The molecule has 1 N–H and O–H groups in total. The third-order valence-corrected chi connectivity index (χ3v) is 6.25. The molecule has 0 saturated carbocycles. The fraction of sp³-hybridized carbons (Fsp3) is 0.278. The van der Waals surface area contributed by atoms with Gasteiger partial charge in [0.15, 0.2) is 0 Å². The molecule has 2 aromatic rings. The number of rotatable bonds is 4. The number of carbonyl (C=O) groups excluding carboxylic acids is 1. The molecule has 0 spiro atoms. The zero-order chi connectivity index (χ0) is 19.1. The van der Waals surface area contributed by atoms with E-state index >= 15 is 0 Å². The van der Waals surface area contributed by atoms with Crippen molar-refractivity contribution in [2.75, 3.05) is 37.9 Å². The minimum absolute atomic E-state index is 0.217. The molecule has 2 aromatic carbocycles. The third kappa shape index (κ3) is 3.30. The maximum Gasteiger partial charge on any atom is 0.255 e. The Labute approximate surface area is 152 Å².